The first-order chi connectivity index (χ1) is 7.61. The largest absolute Gasteiger partial charge is 0.496 e. The molecule has 5 nitrogen and oxygen atoms in total. The van der Waals surface area contributed by atoms with Gasteiger partial charge in [-0.15, -0.1) is 0 Å². The zero-order valence-corrected chi connectivity index (χ0v) is 10.1. The second-order valence-corrected chi connectivity index (χ2v) is 4.80. The molecule has 1 aromatic carbocycles. The van der Waals surface area contributed by atoms with Crippen molar-refractivity contribution in [2.45, 2.75) is 0 Å². The number of hydrogen-bond donors (Lipinski definition) is 1. The molecule has 1 N–H and O–H groups in total. The molecule has 0 amide bonds. The van der Waals surface area contributed by atoms with Crippen LogP contribution in [-0.2, 0) is 13.8 Å². The van der Waals surface area contributed by atoms with E-state index >= 15 is 0 Å². The molecule has 0 aromatic heterocycles. The third kappa shape index (κ3) is 3.32. The van der Waals surface area contributed by atoms with Crippen molar-refractivity contribution in [1.29, 1.82) is 0 Å². The minimum Gasteiger partial charge on any atom is -0.496 e. The molecule has 0 spiro atoms. The summed E-state index contributed by atoms with van der Waals surface area (Å²) in [7, 11) is -0.900. The first-order valence-electron chi connectivity index (χ1n) is 4.71. The van der Waals surface area contributed by atoms with E-state index < -0.39 is 7.60 Å². The van der Waals surface area contributed by atoms with Crippen molar-refractivity contribution >= 4 is 12.9 Å². The van der Waals surface area contributed by atoms with Gasteiger partial charge in [-0.3, -0.25) is 4.57 Å². The van der Waals surface area contributed by atoms with E-state index in [-0.39, 0.29) is 18.5 Å². The summed E-state index contributed by atoms with van der Waals surface area (Å²) in [6, 6.07) is 6.49. The second-order valence-electron chi connectivity index (χ2n) is 3.02. The number of hydrogen-bond acceptors (Lipinski definition) is 4. The highest BCUT2D eigenvalue weighted by atomic mass is 31.2. The molecule has 0 aliphatic rings. The van der Waals surface area contributed by atoms with E-state index in [4.69, 9.17) is 14.0 Å². The summed E-state index contributed by atoms with van der Waals surface area (Å²) in [5, 5.41) is 0.161. The van der Waals surface area contributed by atoms with E-state index in [1.165, 1.54) is 20.3 Å². The normalized spacial score (nSPS) is 14.4. The summed E-state index contributed by atoms with van der Waals surface area (Å²) in [6.07, 6.45) is 0. The Kier molecular flexibility index (Phi) is 4.96. The standard InChI is InChI=1S/C10H15O5P/c1-13-7-8-15-16(11,12)10-6-4-3-5-9(10)14-2/h3-6H,7-8H2,1-2H3,(H,11,12). The lowest BCUT2D eigenvalue weighted by atomic mass is 10.3. The van der Waals surface area contributed by atoms with Gasteiger partial charge in [-0.25, -0.2) is 0 Å². The maximum atomic E-state index is 11.9. The van der Waals surface area contributed by atoms with Gasteiger partial charge in [0.2, 0.25) is 0 Å². The third-order valence-electron chi connectivity index (χ3n) is 1.94. The van der Waals surface area contributed by atoms with Gasteiger partial charge in [0, 0.05) is 7.11 Å². The fraction of sp³-hybridized carbons (Fsp3) is 0.400. The Morgan fingerprint density at radius 1 is 1.25 bits per heavy atom. The molecule has 16 heavy (non-hydrogen) atoms. The van der Waals surface area contributed by atoms with Crippen LogP contribution in [0.1, 0.15) is 0 Å². The maximum Gasteiger partial charge on any atom is 0.362 e. The van der Waals surface area contributed by atoms with E-state index in [2.05, 4.69) is 0 Å². The average Bonchev–Trinajstić information content (AvgIpc) is 2.29. The van der Waals surface area contributed by atoms with E-state index in [0.29, 0.717) is 5.75 Å². The minimum absolute atomic E-state index is 0.0579. The Morgan fingerprint density at radius 3 is 2.56 bits per heavy atom. The molecular formula is C10H15O5P. The molecule has 0 aliphatic carbocycles. The molecule has 0 radical (unpaired) electrons. The van der Waals surface area contributed by atoms with Gasteiger partial charge in [-0.1, -0.05) is 12.1 Å². The molecule has 0 saturated carbocycles. The third-order valence-corrected chi connectivity index (χ3v) is 3.45. The molecule has 1 rings (SSSR count). The molecule has 90 valence electrons. The van der Waals surface area contributed by atoms with Crippen LogP contribution in [0.4, 0.5) is 0 Å². The lowest BCUT2D eigenvalue weighted by Crippen LogP contribution is -2.12. The van der Waals surface area contributed by atoms with Crippen LogP contribution in [-0.4, -0.2) is 32.3 Å². The average molecular weight is 246 g/mol. The van der Waals surface area contributed by atoms with Crippen molar-refractivity contribution in [3.8, 4) is 5.75 Å². The number of ether oxygens (including phenoxy) is 2. The monoisotopic (exact) mass is 246 g/mol. The Morgan fingerprint density at radius 2 is 1.94 bits per heavy atom. The quantitative estimate of drug-likeness (QED) is 0.603. The zero-order chi connectivity index (χ0) is 12.0. The van der Waals surface area contributed by atoms with Gasteiger partial charge in [0.15, 0.2) is 0 Å². The maximum absolute atomic E-state index is 11.9. The molecule has 1 aromatic rings. The molecule has 1 atom stereocenters. The van der Waals surface area contributed by atoms with Crippen LogP contribution < -0.4 is 10.0 Å². The van der Waals surface area contributed by atoms with Gasteiger partial charge in [-0.05, 0) is 12.1 Å². The Labute approximate surface area is 94.5 Å². The Hall–Kier alpha value is -0.870. The fourth-order valence-corrected chi connectivity index (χ4v) is 2.36. The van der Waals surface area contributed by atoms with Gasteiger partial charge in [-0.2, -0.15) is 0 Å². The topological polar surface area (TPSA) is 65.0 Å². The molecule has 0 heterocycles. The van der Waals surface area contributed by atoms with Crippen molar-refractivity contribution < 1.29 is 23.5 Å². The van der Waals surface area contributed by atoms with Gasteiger partial charge in [0.05, 0.1) is 20.3 Å². The molecule has 1 unspecified atom stereocenters. The lowest BCUT2D eigenvalue weighted by Gasteiger charge is -2.14. The molecule has 0 aliphatic heterocycles. The van der Waals surface area contributed by atoms with Crippen LogP contribution in [0.25, 0.3) is 0 Å². The Bertz CT molecular complexity index is 379. The predicted molar refractivity (Wildman–Crippen MR) is 60.3 cm³/mol. The second kappa shape index (κ2) is 6.01. The molecular weight excluding hydrogens is 231 g/mol. The summed E-state index contributed by atoms with van der Waals surface area (Å²) < 4.78 is 26.5. The first-order valence-corrected chi connectivity index (χ1v) is 6.29. The van der Waals surface area contributed by atoms with Gasteiger partial charge >= 0.3 is 7.60 Å². The SMILES string of the molecule is COCCOP(=O)(O)c1ccccc1OC. The van der Waals surface area contributed by atoms with Crippen LogP contribution in [0.15, 0.2) is 24.3 Å². The number of benzene rings is 1. The number of methoxy groups -OCH3 is 2. The number of rotatable bonds is 6. The van der Waals surface area contributed by atoms with Crippen LogP contribution in [0.2, 0.25) is 0 Å². The highest BCUT2D eigenvalue weighted by Crippen LogP contribution is 2.43. The summed E-state index contributed by atoms with van der Waals surface area (Å²) >= 11 is 0. The first kappa shape index (κ1) is 13.2. The van der Waals surface area contributed by atoms with E-state index in [1.807, 2.05) is 0 Å². The summed E-state index contributed by atoms with van der Waals surface area (Å²) in [5.74, 6) is 0.339. The summed E-state index contributed by atoms with van der Waals surface area (Å²) in [5.41, 5.74) is 0. The predicted octanol–water partition coefficient (Wildman–Crippen LogP) is 1.17. The van der Waals surface area contributed by atoms with Crippen molar-refractivity contribution in [1.82, 2.24) is 0 Å². The van der Waals surface area contributed by atoms with Crippen molar-refractivity contribution in [3.05, 3.63) is 24.3 Å². The van der Waals surface area contributed by atoms with Gasteiger partial charge in [0.1, 0.15) is 11.1 Å². The smallest absolute Gasteiger partial charge is 0.362 e. The van der Waals surface area contributed by atoms with Crippen molar-refractivity contribution in [2.24, 2.45) is 0 Å². The molecule has 0 fully saturated rings. The van der Waals surface area contributed by atoms with Crippen molar-refractivity contribution in [3.63, 3.8) is 0 Å². The van der Waals surface area contributed by atoms with Crippen LogP contribution in [0, 0.1) is 0 Å². The molecule has 0 saturated heterocycles. The minimum atomic E-state index is -3.83. The van der Waals surface area contributed by atoms with Crippen molar-refractivity contribution in [2.75, 3.05) is 27.4 Å². The highest BCUT2D eigenvalue weighted by Gasteiger charge is 2.26. The van der Waals surface area contributed by atoms with Crippen LogP contribution >= 0.6 is 7.60 Å². The lowest BCUT2D eigenvalue weighted by molar-refractivity contribution is 0.140. The van der Waals surface area contributed by atoms with E-state index in [0.717, 1.165) is 0 Å². The fourth-order valence-electron chi connectivity index (χ4n) is 1.18. The number of para-hydroxylation sites is 1. The van der Waals surface area contributed by atoms with E-state index in [9.17, 15) is 9.46 Å². The summed E-state index contributed by atoms with van der Waals surface area (Å²) in [6.45, 7) is 0.321. The molecule has 6 heteroatoms. The van der Waals surface area contributed by atoms with Gasteiger partial charge in [0.25, 0.3) is 0 Å². The highest BCUT2D eigenvalue weighted by molar-refractivity contribution is 7.61. The summed E-state index contributed by atoms with van der Waals surface area (Å²) in [4.78, 5) is 9.72. The zero-order valence-electron chi connectivity index (χ0n) is 9.25. The van der Waals surface area contributed by atoms with Crippen LogP contribution in [0.3, 0.4) is 0 Å². The van der Waals surface area contributed by atoms with Gasteiger partial charge < -0.3 is 18.9 Å². The van der Waals surface area contributed by atoms with Crippen LogP contribution in [0.5, 0.6) is 5.75 Å². The molecule has 0 bridgehead atoms. The Balaban J connectivity index is 2.84. The van der Waals surface area contributed by atoms with E-state index in [1.54, 1.807) is 18.2 Å².